The normalized spacial score (nSPS) is 12.6. The van der Waals surface area contributed by atoms with Crippen molar-refractivity contribution in [2.45, 2.75) is 73.1 Å². The number of nitrogens with two attached hydrogens (primary N) is 3. The van der Waals surface area contributed by atoms with Gasteiger partial charge in [0, 0.05) is 45.1 Å². The van der Waals surface area contributed by atoms with Crippen LogP contribution in [0.3, 0.4) is 0 Å². The van der Waals surface area contributed by atoms with E-state index in [1.54, 1.807) is 37.4 Å². The molecule has 2 heterocycles. The van der Waals surface area contributed by atoms with Crippen LogP contribution in [0.4, 0.5) is 30.6 Å². The largest absolute Gasteiger partial charge is 0.481 e. The number of halogens is 5. The van der Waals surface area contributed by atoms with E-state index in [1.165, 1.54) is 30.0 Å². The molecule has 60 heavy (non-hydrogen) atoms. The molecule has 5 aromatic rings. The number of nitrogens with zero attached hydrogens (tertiary/aromatic N) is 5. The molecule has 0 fully saturated rings. The van der Waals surface area contributed by atoms with Crippen molar-refractivity contribution < 1.29 is 42.9 Å². The number of nitrogens with one attached hydrogen (secondary N) is 1. The highest BCUT2D eigenvalue weighted by Gasteiger charge is 2.30. The van der Waals surface area contributed by atoms with E-state index in [4.69, 9.17) is 39.0 Å². The molecular weight excluding hydrogens is 850 g/mol. The maximum absolute atomic E-state index is 12.8. The number of rotatable bonds is 16. The number of carboxylic acid groups (broad SMARTS) is 2. The van der Waals surface area contributed by atoms with E-state index >= 15 is 0 Å². The van der Waals surface area contributed by atoms with Gasteiger partial charge < -0.3 is 42.7 Å². The summed E-state index contributed by atoms with van der Waals surface area (Å²) in [5.74, 6) is -2.91. The van der Waals surface area contributed by atoms with Crippen LogP contribution in [0.2, 0.25) is 5.02 Å². The monoisotopic (exact) mass is 893 g/mol. The number of amides is 1. The number of alkyl halides is 3. The smallest absolute Gasteiger partial charge is 0.416 e. The minimum atomic E-state index is -4.36. The van der Waals surface area contributed by atoms with Crippen LogP contribution >= 0.6 is 35.8 Å². The van der Waals surface area contributed by atoms with Crippen LogP contribution in [-0.2, 0) is 28.7 Å². The Hall–Kier alpha value is -5.47. The molecule has 2 aromatic heterocycles. The molecule has 3 aromatic carbocycles. The van der Waals surface area contributed by atoms with Crippen LogP contribution in [0.1, 0.15) is 59.8 Å². The Bertz CT molecular complexity index is 2270. The van der Waals surface area contributed by atoms with Crippen LogP contribution in [0.15, 0.2) is 82.7 Å². The van der Waals surface area contributed by atoms with E-state index in [-0.39, 0.29) is 49.2 Å². The lowest BCUT2D eigenvalue weighted by Crippen LogP contribution is -2.41. The van der Waals surface area contributed by atoms with Crippen molar-refractivity contribution in [3.63, 3.8) is 0 Å². The predicted molar refractivity (Wildman–Crippen MR) is 225 cm³/mol. The lowest BCUT2D eigenvalue weighted by atomic mass is 9.95. The number of fused-ring (bicyclic) bond motifs is 1. The Kier molecular flexibility index (Phi) is 17.7. The van der Waals surface area contributed by atoms with Crippen LogP contribution in [-0.4, -0.2) is 78.3 Å². The summed E-state index contributed by atoms with van der Waals surface area (Å²) in [5, 5.41) is 30.0. The highest BCUT2D eigenvalue weighted by atomic mass is 35.5. The van der Waals surface area contributed by atoms with Crippen molar-refractivity contribution in [3.8, 4) is 0 Å². The summed E-state index contributed by atoms with van der Waals surface area (Å²) < 4.78 is 38.4. The van der Waals surface area contributed by atoms with Gasteiger partial charge in [-0.05, 0) is 92.8 Å². The maximum Gasteiger partial charge on any atom is 0.416 e. The molecule has 0 radical (unpaired) electrons. The van der Waals surface area contributed by atoms with Gasteiger partial charge in [0.25, 0.3) is 5.91 Å². The molecule has 0 aliphatic carbocycles. The molecule has 322 valence electrons. The maximum atomic E-state index is 12.8. The molecule has 0 aliphatic heterocycles. The van der Waals surface area contributed by atoms with Gasteiger partial charge in [-0.25, -0.2) is 14.8 Å². The summed E-state index contributed by atoms with van der Waals surface area (Å²) in [7, 11) is 1.82. The zero-order chi connectivity index (χ0) is 43.5. The van der Waals surface area contributed by atoms with Gasteiger partial charge in [-0.15, -0.1) is 12.4 Å². The molecule has 15 nitrogen and oxygen atoms in total. The molecule has 1 amide bonds. The Balaban J connectivity index is 0.000000324. The Morgan fingerprint density at radius 3 is 2.28 bits per heavy atom. The SMILES string of the molecule is CN(Cc1cnc2nc(N)nc(N)c2n1)c1ccc(C(=O)N[C@@H](CCC(=O)O)C(=O)O)cc1.C[C@](N)(CO)CCCc1ccc(Sc2cccc(C(F)(F)F)c2)cc1Cl.Cl. The number of aromatic nitrogens is 4. The van der Waals surface area contributed by atoms with Gasteiger partial charge in [-0.3, -0.25) is 9.59 Å². The molecule has 0 saturated heterocycles. The Labute approximate surface area is 358 Å². The third kappa shape index (κ3) is 14.7. The molecule has 0 aliphatic rings. The Morgan fingerprint density at radius 1 is 0.983 bits per heavy atom. The van der Waals surface area contributed by atoms with E-state index in [9.17, 15) is 32.7 Å². The predicted octanol–water partition coefficient (Wildman–Crippen LogP) is 6.23. The first-order chi connectivity index (χ1) is 27.7. The van der Waals surface area contributed by atoms with Crippen molar-refractivity contribution in [2.24, 2.45) is 5.73 Å². The third-order valence-corrected chi connectivity index (χ3v) is 10.0. The molecule has 0 unspecified atom stereocenters. The van der Waals surface area contributed by atoms with Crippen LogP contribution in [0, 0.1) is 0 Å². The number of anilines is 3. The average molecular weight is 895 g/mol. The number of aliphatic carboxylic acids is 2. The zero-order valence-corrected chi connectivity index (χ0v) is 34.7. The van der Waals surface area contributed by atoms with E-state index < -0.39 is 41.2 Å². The second kappa shape index (κ2) is 21.7. The van der Waals surface area contributed by atoms with Crippen LogP contribution in [0.5, 0.6) is 0 Å². The molecule has 21 heteroatoms. The number of aliphatic hydroxyl groups is 1. The number of aliphatic hydroxyl groups excluding tert-OH is 1. The summed E-state index contributed by atoms with van der Waals surface area (Å²) in [5.41, 5.74) is 19.2. The summed E-state index contributed by atoms with van der Waals surface area (Å²) in [6.45, 7) is 2.09. The molecule has 5 rings (SSSR count). The van der Waals surface area contributed by atoms with Gasteiger partial charge in [-0.2, -0.15) is 23.1 Å². The number of benzene rings is 3. The standard InChI is InChI=1S/C20H22N8O5.C19H21ClF3NOS.ClH/c1-28(9-11-8-23-17-15(24-11)16(21)26-20(22)27-17)12-4-2-10(3-5-12)18(31)25-13(19(32)33)6-7-14(29)30;1-18(24,12-25)9-3-4-13-7-8-16(11-17(13)20)26-15-6-2-5-14(10-15)19(21,22)23;/h2-5,8,13H,6-7,9H2,1H3,(H,25,31)(H,29,30)(H,32,33)(H4,21,22,23,26,27);2,5-8,10-11,25H,3-4,9,12,24H2,1H3;1H/t13-;18-;/m01./s1. The highest BCUT2D eigenvalue weighted by Crippen LogP contribution is 2.36. The summed E-state index contributed by atoms with van der Waals surface area (Å²) in [6.07, 6.45) is -1.22. The average Bonchev–Trinajstić information content (AvgIpc) is 3.17. The molecule has 0 spiro atoms. The van der Waals surface area contributed by atoms with Crippen molar-refractivity contribution in [2.75, 3.05) is 30.0 Å². The number of nitrogen functional groups attached to an aromatic ring is 2. The summed E-state index contributed by atoms with van der Waals surface area (Å²) >= 11 is 7.54. The summed E-state index contributed by atoms with van der Waals surface area (Å²) in [6, 6.07) is 15.9. The lowest BCUT2D eigenvalue weighted by molar-refractivity contribution is -0.141. The number of carboxylic acids is 2. The van der Waals surface area contributed by atoms with Gasteiger partial charge in [-0.1, -0.05) is 35.5 Å². The van der Waals surface area contributed by atoms with Gasteiger partial charge in [0.15, 0.2) is 17.0 Å². The first kappa shape index (κ1) is 48.9. The summed E-state index contributed by atoms with van der Waals surface area (Å²) in [4.78, 5) is 54.0. The third-order valence-electron chi connectivity index (χ3n) is 8.70. The molecule has 10 N–H and O–H groups in total. The van der Waals surface area contributed by atoms with Gasteiger partial charge in [0.05, 0.1) is 30.6 Å². The molecule has 2 atom stereocenters. The number of carbonyl (C=O) groups excluding carboxylic acids is 1. The fourth-order valence-electron chi connectivity index (χ4n) is 5.46. The van der Waals surface area contributed by atoms with E-state index in [0.717, 1.165) is 41.1 Å². The lowest BCUT2D eigenvalue weighted by Gasteiger charge is -2.21. The van der Waals surface area contributed by atoms with Gasteiger partial charge in [0.1, 0.15) is 6.04 Å². The van der Waals surface area contributed by atoms with Crippen LogP contribution in [0.25, 0.3) is 11.2 Å². The van der Waals surface area contributed by atoms with Crippen molar-refractivity contribution >= 4 is 82.2 Å². The fraction of sp³-hybridized carbons (Fsp3) is 0.308. The number of hydrogen-bond acceptors (Lipinski definition) is 13. The second-order valence-electron chi connectivity index (χ2n) is 13.7. The molecule has 0 saturated carbocycles. The number of hydrogen-bond donors (Lipinski definition) is 7. The Morgan fingerprint density at radius 2 is 1.67 bits per heavy atom. The first-order valence-corrected chi connectivity index (χ1v) is 19.1. The number of aryl methyl sites for hydroxylation is 1. The quantitative estimate of drug-likeness (QED) is 0.0579. The topological polar surface area (TPSA) is 257 Å². The van der Waals surface area contributed by atoms with E-state index in [1.807, 2.05) is 24.1 Å². The van der Waals surface area contributed by atoms with E-state index in [2.05, 4.69) is 25.3 Å². The minimum absolute atomic E-state index is 0. The molecular formula is C39H44Cl2F3N9O6S. The zero-order valence-electron chi connectivity index (χ0n) is 32.3. The van der Waals surface area contributed by atoms with Crippen molar-refractivity contribution in [1.82, 2.24) is 25.3 Å². The fourth-order valence-corrected chi connectivity index (χ4v) is 6.71. The minimum Gasteiger partial charge on any atom is -0.481 e. The van der Waals surface area contributed by atoms with Gasteiger partial charge in [0.2, 0.25) is 5.95 Å². The molecule has 0 bridgehead atoms. The van der Waals surface area contributed by atoms with Crippen molar-refractivity contribution in [3.05, 3.63) is 100 Å². The number of carbonyl (C=O) groups is 3. The van der Waals surface area contributed by atoms with Crippen LogP contribution < -0.4 is 27.4 Å². The highest BCUT2D eigenvalue weighted by molar-refractivity contribution is 7.99. The second-order valence-corrected chi connectivity index (χ2v) is 15.3. The van der Waals surface area contributed by atoms with E-state index in [0.29, 0.717) is 39.7 Å². The first-order valence-electron chi connectivity index (χ1n) is 17.9. The van der Waals surface area contributed by atoms with Crippen molar-refractivity contribution in [1.29, 1.82) is 0 Å². The van der Waals surface area contributed by atoms with Gasteiger partial charge >= 0.3 is 18.1 Å².